The molecule has 4 heteroatoms. The summed E-state index contributed by atoms with van der Waals surface area (Å²) >= 11 is 12.1. The van der Waals surface area contributed by atoms with E-state index in [4.69, 9.17) is 23.2 Å². The lowest BCUT2D eigenvalue weighted by molar-refractivity contribution is -0.124. The Bertz CT molecular complexity index is 657. The summed E-state index contributed by atoms with van der Waals surface area (Å²) in [5, 5.41) is 3.94. The minimum atomic E-state index is -0.226. The summed E-state index contributed by atoms with van der Waals surface area (Å²) in [6.45, 7) is 0.705. The van der Waals surface area contributed by atoms with Crippen molar-refractivity contribution in [1.29, 1.82) is 0 Å². The molecule has 1 saturated heterocycles. The highest BCUT2D eigenvalue weighted by Crippen LogP contribution is 2.39. The van der Waals surface area contributed by atoms with E-state index in [2.05, 4.69) is 17.4 Å². The smallest absolute Gasteiger partial charge is 0.228 e. The second kappa shape index (κ2) is 6.08. The Morgan fingerprint density at radius 3 is 2.43 bits per heavy atom. The van der Waals surface area contributed by atoms with Crippen LogP contribution in [0.3, 0.4) is 0 Å². The van der Waals surface area contributed by atoms with Gasteiger partial charge >= 0.3 is 0 Å². The highest BCUT2D eigenvalue weighted by Gasteiger charge is 2.34. The largest absolute Gasteiger partial charge is 0.356 e. The van der Waals surface area contributed by atoms with Crippen molar-refractivity contribution in [2.75, 3.05) is 6.54 Å². The highest BCUT2D eigenvalue weighted by molar-refractivity contribution is 6.42. The maximum atomic E-state index is 12.4. The first-order valence-corrected chi connectivity index (χ1v) is 7.70. The predicted octanol–water partition coefficient (Wildman–Crippen LogP) is 4.38. The van der Waals surface area contributed by atoms with Gasteiger partial charge < -0.3 is 5.32 Å². The number of carbonyl (C=O) groups is 1. The van der Waals surface area contributed by atoms with E-state index in [0.29, 0.717) is 16.6 Å². The first kappa shape index (κ1) is 14.4. The summed E-state index contributed by atoms with van der Waals surface area (Å²) in [7, 11) is 0. The molecule has 0 spiro atoms. The quantitative estimate of drug-likeness (QED) is 0.874. The zero-order valence-corrected chi connectivity index (χ0v) is 12.9. The molecule has 1 aliphatic rings. The Labute approximate surface area is 134 Å². The molecule has 0 bridgehead atoms. The normalized spacial score (nSPS) is 21.9. The molecule has 1 aliphatic heterocycles. The minimum absolute atomic E-state index is 0.0495. The number of halogens is 2. The van der Waals surface area contributed by atoms with Crippen LogP contribution in [-0.4, -0.2) is 12.5 Å². The molecular formula is C17H15Cl2NO. The second-order valence-electron chi connectivity index (χ2n) is 5.25. The van der Waals surface area contributed by atoms with Crippen molar-refractivity contribution in [3.8, 4) is 0 Å². The summed E-state index contributed by atoms with van der Waals surface area (Å²) in [5.41, 5.74) is 2.10. The van der Waals surface area contributed by atoms with Gasteiger partial charge in [-0.3, -0.25) is 4.79 Å². The van der Waals surface area contributed by atoms with E-state index in [1.807, 2.05) is 24.3 Å². The second-order valence-corrected chi connectivity index (χ2v) is 6.06. The molecule has 0 aromatic heterocycles. The monoisotopic (exact) mass is 319 g/mol. The third-order valence-electron chi connectivity index (χ3n) is 3.97. The van der Waals surface area contributed by atoms with Crippen molar-refractivity contribution < 1.29 is 4.79 Å². The van der Waals surface area contributed by atoms with Gasteiger partial charge in [0.15, 0.2) is 0 Å². The summed E-state index contributed by atoms with van der Waals surface area (Å²) < 4.78 is 0. The fourth-order valence-electron chi connectivity index (χ4n) is 2.96. The van der Waals surface area contributed by atoms with Gasteiger partial charge in [-0.15, -0.1) is 0 Å². The molecule has 2 nitrogen and oxygen atoms in total. The van der Waals surface area contributed by atoms with Crippen LogP contribution in [0.15, 0.2) is 48.5 Å². The molecule has 1 N–H and O–H groups in total. The van der Waals surface area contributed by atoms with Gasteiger partial charge in [-0.05, 0) is 29.7 Å². The number of amides is 1. The van der Waals surface area contributed by atoms with Crippen LogP contribution in [-0.2, 0) is 4.79 Å². The minimum Gasteiger partial charge on any atom is -0.356 e. The van der Waals surface area contributed by atoms with E-state index in [1.54, 1.807) is 12.1 Å². The molecule has 0 aliphatic carbocycles. The fraction of sp³-hybridized carbons (Fsp3) is 0.235. The third kappa shape index (κ3) is 2.92. The Morgan fingerprint density at radius 2 is 1.71 bits per heavy atom. The average Bonchev–Trinajstić information content (AvgIpc) is 2.51. The van der Waals surface area contributed by atoms with Gasteiger partial charge in [0.2, 0.25) is 5.91 Å². The van der Waals surface area contributed by atoms with Crippen molar-refractivity contribution in [3.05, 3.63) is 69.7 Å². The molecule has 3 rings (SSSR count). The molecule has 108 valence electrons. The van der Waals surface area contributed by atoms with Crippen LogP contribution in [0.1, 0.15) is 29.4 Å². The molecule has 0 unspecified atom stereocenters. The number of carbonyl (C=O) groups excluding carboxylic acids is 1. The molecule has 1 amide bonds. The number of benzene rings is 2. The van der Waals surface area contributed by atoms with E-state index in [9.17, 15) is 4.79 Å². The maximum absolute atomic E-state index is 12.4. The Kier molecular flexibility index (Phi) is 4.18. The van der Waals surface area contributed by atoms with E-state index >= 15 is 0 Å². The number of nitrogens with one attached hydrogen (secondary N) is 1. The Morgan fingerprint density at radius 1 is 0.952 bits per heavy atom. The van der Waals surface area contributed by atoms with Crippen molar-refractivity contribution in [3.63, 3.8) is 0 Å². The van der Waals surface area contributed by atoms with Crippen molar-refractivity contribution in [2.45, 2.75) is 18.3 Å². The Balaban J connectivity index is 2.02. The van der Waals surface area contributed by atoms with Crippen LogP contribution in [0.5, 0.6) is 0 Å². The third-order valence-corrected chi connectivity index (χ3v) is 4.71. The van der Waals surface area contributed by atoms with Gasteiger partial charge in [-0.2, -0.15) is 0 Å². The number of piperidine rings is 1. The zero-order chi connectivity index (χ0) is 14.8. The summed E-state index contributed by atoms with van der Waals surface area (Å²) in [5.74, 6) is -0.0124. The lowest BCUT2D eigenvalue weighted by Crippen LogP contribution is -2.39. The molecule has 1 heterocycles. The number of rotatable bonds is 2. The average molecular weight is 320 g/mol. The SMILES string of the molecule is O=C1NCC[C@H](c2ccccc2)[C@H]1c1ccc(Cl)c(Cl)c1. The highest BCUT2D eigenvalue weighted by atomic mass is 35.5. The first-order valence-electron chi connectivity index (χ1n) is 6.94. The van der Waals surface area contributed by atoms with Crippen LogP contribution < -0.4 is 5.32 Å². The molecule has 0 radical (unpaired) electrons. The first-order chi connectivity index (χ1) is 10.2. The van der Waals surface area contributed by atoms with Gasteiger partial charge in [0.25, 0.3) is 0 Å². The van der Waals surface area contributed by atoms with Crippen molar-refractivity contribution in [1.82, 2.24) is 5.32 Å². The summed E-state index contributed by atoms with van der Waals surface area (Å²) in [6.07, 6.45) is 0.917. The molecular weight excluding hydrogens is 305 g/mol. The fourth-order valence-corrected chi connectivity index (χ4v) is 3.27. The van der Waals surface area contributed by atoms with Crippen LogP contribution in [0.2, 0.25) is 10.0 Å². The number of hydrogen-bond acceptors (Lipinski definition) is 1. The van der Waals surface area contributed by atoms with E-state index < -0.39 is 0 Å². The molecule has 2 atom stereocenters. The molecule has 0 saturated carbocycles. The number of hydrogen-bond donors (Lipinski definition) is 1. The maximum Gasteiger partial charge on any atom is 0.228 e. The topological polar surface area (TPSA) is 29.1 Å². The molecule has 21 heavy (non-hydrogen) atoms. The van der Waals surface area contributed by atoms with Gasteiger partial charge in [0, 0.05) is 12.5 Å². The van der Waals surface area contributed by atoms with E-state index in [0.717, 1.165) is 12.0 Å². The van der Waals surface area contributed by atoms with Crippen molar-refractivity contribution in [2.24, 2.45) is 0 Å². The lowest BCUT2D eigenvalue weighted by Gasteiger charge is -2.32. The molecule has 2 aromatic rings. The predicted molar refractivity (Wildman–Crippen MR) is 86.0 cm³/mol. The van der Waals surface area contributed by atoms with Crippen LogP contribution >= 0.6 is 23.2 Å². The Hall–Kier alpha value is -1.51. The van der Waals surface area contributed by atoms with Crippen LogP contribution in [0.25, 0.3) is 0 Å². The van der Waals surface area contributed by atoms with Crippen LogP contribution in [0, 0.1) is 0 Å². The lowest BCUT2D eigenvalue weighted by atomic mass is 9.77. The van der Waals surface area contributed by atoms with Gasteiger partial charge in [-0.1, -0.05) is 59.6 Å². The summed E-state index contributed by atoms with van der Waals surface area (Å²) in [6, 6.07) is 15.6. The molecule has 2 aromatic carbocycles. The van der Waals surface area contributed by atoms with Gasteiger partial charge in [-0.25, -0.2) is 0 Å². The van der Waals surface area contributed by atoms with Crippen molar-refractivity contribution >= 4 is 29.1 Å². The summed E-state index contributed by atoms with van der Waals surface area (Å²) in [4.78, 5) is 12.4. The van der Waals surface area contributed by atoms with E-state index in [-0.39, 0.29) is 17.7 Å². The van der Waals surface area contributed by atoms with Crippen LogP contribution in [0.4, 0.5) is 0 Å². The standard InChI is InChI=1S/C17H15Cl2NO/c18-14-7-6-12(10-15(14)19)16-13(8-9-20-17(16)21)11-4-2-1-3-5-11/h1-7,10,13,16H,8-9H2,(H,20,21)/t13-,16-/m1/s1. The zero-order valence-electron chi connectivity index (χ0n) is 11.4. The van der Waals surface area contributed by atoms with Gasteiger partial charge in [0.05, 0.1) is 16.0 Å². The molecule has 1 fully saturated rings. The van der Waals surface area contributed by atoms with E-state index in [1.165, 1.54) is 5.56 Å². The van der Waals surface area contributed by atoms with Gasteiger partial charge in [0.1, 0.15) is 0 Å².